The summed E-state index contributed by atoms with van der Waals surface area (Å²) in [5.74, 6) is 1.83. The average molecular weight is 307 g/mol. The summed E-state index contributed by atoms with van der Waals surface area (Å²) in [6, 6.07) is 0. The quantitative estimate of drug-likeness (QED) is 0.878. The normalized spacial score (nSPS) is 13.1. The van der Waals surface area contributed by atoms with Gasteiger partial charge in [-0.3, -0.25) is 4.68 Å². The zero-order valence-corrected chi connectivity index (χ0v) is 12.4. The van der Waals surface area contributed by atoms with Crippen LogP contribution >= 0.6 is 27.7 Å². The molecule has 0 aromatic carbocycles. The van der Waals surface area contributed by atoms with Crippen molar-refractivity contribution in [3.05, 3.63) is 15.9 Å². The van der Waals surface area contributed by atoms with Crippen LogP contribution in [-0.4, -0.2) is 32.5 Å². The van der Waals surface area contributed by atoms with Crippen molar-refractivity contribution in [2.75, 3.05) is 11.5 Å². The molecule has 1 N–H and O–H groups in total. The minimum absolute atomic E-state index is 0.289. The number of aromatic nitrogens is 2. The average Bonchev–Trinajstić information content (AvgIpc) is 2.54. The van der Waals surface area contributed by atoms with Gasteiger partial charge in [0, 0.05) is 18.7 Å². The lowest BCUT2D eigenvalue weighted by Gasteiger charge is -2.11. The second kappa shape index (κ2) is 6.67. The largest absolute Gasteiger partial charge is 0.392 e. The number of halogens is 1. The molecule has 0 amide bonds. The first kappa shape index (κ1) is 14.1. The number of aliphatic hydroxyl groups is 1. The van der Waals surface area contributed by atoms with Crippen LogP contribution in [0.15, 0.2) is 4.47 Å². The maximum absolute atomic E-state index is 9.90. The number of hydrogen-bond acceptors (Lipinski definition) is 3. The van der Waals surface area contributed by atoms with Gasteiger partial charge in [-0.25, -0.2) is 0 Å². The monoisotopic (exact) mass is 306 g/mol. The molecule has 0 fully saturated rings. The highest BCUT2D eigenvalue weighted by Gasteiger charge is 2.15. The van der Waals surface area contributed by atoms with E-state index >= 15 is 0 Å². The van der Waals surface area contributed by atoms with Gasteiger partial charge in [0.05, 0.1) is 22.0 Å². The highest BCUT2D eigenvalue weighted by atomic mass is 79.9. The number of nitrogens with zero attached hydrogens (tertiary/aromatic N) is 2. The fourth-order valence-corrected chi connectivity index (χ4v) is 2.67. The Morgan fingerprint density at radius 3 is 2.75 bits per heavy atom. The number of rotatable bonds is 6. The van der Waals surface area contributed by atoms with Gasteiger partial charge in [-0.15, -0.1) is 0 Å². The Hall–Kier alpha value is 0. The van der Waals surface area contributed by atoms with Crippen LogP contribution in [0.1, 0.15) is 25.2 Å². The van der Waals surface area contributed by atoms with Crippen molar-refractivity contribution in [2.24, 2.45) is 0 Å². The van der Waals surface area contributed by atoms with E-state index in [2.05, 4.69) is 34.9 Å². The van der Waals surface area contributed by atoms with Crippen LogP contribution in [0.2, 0.25) is 0 Å². The minimum atomic E-state index is -0.289. The van der Waals surface area contributed by atoms with E-state index in [1.807, 2.05) is 11.6 Å². The molecule has 5 heteroatoms. The summed E-state index contributed by atoms with van der Waals surface area (Å²) < 4.78 is 2.99. The summed E-state index contributed by atoms with van der Waals surface area (Å²) in [6.07, 6.45) is 0.380. The molecule has 92 valence electrons. The van der Waals surface area contributed by atoms with Gasteiger partial charge in [0.25, 0.3) is 0 Å². The Bertz CT molecular complexity index is 341. The summed E-state index contributed by atoms with van der Waals surface area (Å²) in [5, 5.41) is 14.3. The third-order valence-corrected chi connectivity index (χ3v) is 4.46. The van der Waals surface area contributed by atoms with Crippen molar-refractivity contribution < 1.29 is 5.11 Å². The number of aryl methyl sites for hydroxylation is 2. The van der Waals surface area contributed by atoms with Crippen molar-refractivity contribution in [2.45, 2.75) is 39.8 Å². The summed E-state index contributed by atoms with van der Waals surface area (Å²) in [6.45, 7) is 6.99. The van der Waals surface area contributed by atoms with E-state index in [0.717, 1.165) is 33.9 Å². The molecule has 0 saturated heterocycles. The zero-order valence-electron chi connectivity index (χ0n) is 10.0. The summed E-state index contributed by atoms with van der Waals surface area (Å²) in [5.41, 5.74) is 2.09. The highest BCUT2D eigenvalue weighted by molar-refractivity contribution is 9.10. The van der Waals surface area contributed by atoms with E-state index in [-0.39, 0.29) is 6.10 Å². The summed E-state index contributed by atoms with van der Waals surface area (Å²) >= 11 is 5.30. The van der Waals surface area contributed by atoms with E-state index < -0.39 is 0 Å². The van der Waals surface area contributed by atoms with Crippen molar-refractivity contribution >= 4 is 27.7 Å². The molecule has 0 aliphatic heterocycles. The first-order valence-electron chi connectivity index (χ1n) is 5.57. The Morgan fingerprint density at radius 1 is 1.50 bits per heavy atom. The lowest BCUT2D eigenvalue weighted by atomic mass is 10.2. The van der Waals surface area contributed by atoms with Crippen LogP contribution < -0.4 is 0 Å². The molecule has 3 nitrogen and oxygen atoms in total. The van der Waals surface area contributed by atoms with Crippen molar-refractivity contribution in [3.8, 4) is 0 Å². The van der Waals surface area contributed by atoms with Crippen LogP contribution in [-0.2, 0) is 13.0 Å². The van der Waals surface area contributed by atoms with Gasteiger partial charge in [0.2, 0.25) is 0 Å². The summed E-state index contributed by atoms with van der Waals surface area (Å²) in [4.78, 5) is 0. The molecule has 16 heavy (non-hydrogen) atoms. The van der Waals surface area contributed by atoms with Crippen LogP contribution in [0, 0.1) is 6.92 Å². The lowest BCUT2D eigenvalue weighted by Crippen LogP contribution is -2.17. The second-order valence-electron chi connectivity index (χ2n) is 3.68. The molecular weight excluding hydrogens is 288 g/mol. The van der Waals surface area contributed by atoms with Gasteiger partial charge in [-0.05, 0) is 35.5 Å². The van der Waals surface area contributed by atoms with E-state index in [1.165, 1.54) is 0 Å². The molecule has 1 unspecified atom stereocenters. The molecule has 1 atom stereocenters. The van der Waals surface area contributed by atoms with Gasteiger partial charge < -0.3 is 5.11 Å². The fourth-order valence-electron chi connectivity index (χ4n) is 1.60. The van der Waals surface area contributed by atoms with Crippen molar-refractivity contribution in [1.29, 1.82) is 0 Å². The Labute approximate surface area is 110 Å². The standard InChI is InChI=1S/C11H19BrN2OS/c1-4-14-10(11(12)8(3)13-14)6-9(15)7-16-5-2/h9,15H,4-7H2,1-3H3. The Morgan fingerprint density at radius 2 is 2.19 bits per heavy atom. The first-order valence-corrected chi connectivity index (χ1v) is 7.52. The number of thioether (sulfide) groups is 1. The molecule has 0 radical (unpaired) electrons. The highest BCUT2D eigenvalue weighted by Crippen LogP contribution is 2.23. The van der Waals surface area contributed by atoms with Gasteiger partial charge in [0.1, 0.15) is 0 Å². The van der Waals surface area contributed by atoms with Crippen LogP contribution in [0.3, 0.4) is 0 Å². The Balaban J connectivity index is 2.71. The first-order chi connectivity index (χ1) is 7.60. The third-order valence-electron chi connectivity index (χ3n) is 2.40. The van der Waals surface area contributed by atoms with Gasteiger partial charge in [-0.1, -0.05) is 6.92 Å². The van der Waals surface area contributed by atoms with Crippen LogP contribution in [0.4, 0.5) is 0 Å². The molecule has 0 bridgehead atoms. The van der Waals surface area contributed by atoms with Crippen molar-refractivity contribution in [3.63, 3.8) is 0 Å². The van der Waals surface area contributed by atoms with Gasteiger partial charge in [0.15, 0.2) is 0 Å². The molecule has 0 saturated carbocycles. The van der Waals surface area contributed by atoms with Gasteiger partial charge >= 0.3 is 0 Å². The maximum atomic E-state index is 9.90. The predicted molar refractivity (Wildman–Crippen MR) is 73.0 cm³/mol. The molecule has 1 aromatic rings. The van der Waals surface area contributed by atoms with Crippen LogP contribution in [0.5, 0.6) is 0 Å². The van der Waals surface area contributed by atoms with Gasteiger partial charge in [-0.2, -0.15) is 16.9 Å². The fraction of sp³-hybridized carbons (Fsp3) is 0.727. The zero-order chi connectivity index (χ0) is 12.1. The molecule has 1 aromatic heterocycles. The molecular formula is C11H19BrN2OS. The van der Waals surface area contributed by atoms with E-state index in [9.17, 15) is 5.11 Å². The Kier molecular flexibility index (Phi) is 5.86. The topological polar surface area (TPSA) is 38.1 Å². The third kappa shape index (κ3) is 3.50. The molecule has 0 aliphatic rings. The lowest BCUT2D eigenvalue weighted by molar-refractivity contribution is 0.197. The van der Waals surface area contributed by atoms with Crippen LogP contribution in [0.25, 0.3) is 0 Å². The molecule has 1 rings (SSSR count). The van der Waals surface area contributed by atoms with E-state index in [4.69, 9.17) is 0 Å². The molecule has 1 heterocycles. The number of hydrogen-bond donors (Lipinski definition) is 1. The maximum Gasteiger partial charge on any atom is 0.0738 e. The number of aliphatic hydroxyl groups excluding tert-OH is 1. The predicted octanol–water partition coefficient (Wildman–Crippen LogP) is 2.63. The SMILES string of the molecule is CCSCC(O)Cc1c(Br)c(C)nn1CC. The second-order valence-corrected chi connectivity index (χ2v) is 5.79. The summed E-state index contributed by atoms with van der Waals surface area (Å²) in [7, 11) is 0. The van der Waals surface area contributed by atoms with E-state index in [0.29, 0.717) is 6.42 Å². The minimum Gasteiger partial charge on any atom is -0.392 e. The van der Waals surface area contributed by atoms with E-state index in [1.54, 1.807) is 11.8 Å². The smallest absolute Gasteiger partial charge is 0.0738 e. The molecule has 0 aliphatic carbocycles. The van der Waals surface area contributed by atoms with Crippen molar-refractivity contribution in [1.82, 2.24) is 9.78 Å². The molecule has 0 spiro atoms.